The molecule has 0 saturated carbocycles. The van der Waals surface area contributed by atoms with Crippen LogP contribution in [-0.2, 0) is 6.42 Å². The van der Waals surface area contributed by atoms with Crippen LogP contribution in [0.15, 0.2) is 18.2 Å². The van der Waals surface area contributed by atoms with Gasteiger partial charge in [0.1, 0.15) is 5.82 Å². The van der Waals surface area contributed by atoms with Crippen molar-refractivity contribution in [1.82, 2.24) is 5.43 Å². The summed E-state index contributed by atoms with van der Waals surface area (Å²) in [5.41, 5.74) is 3.71. The zero-order valence-electron chi connectivity index (χ0n) is 11.8. The van der Waals surface area contributed by atoms with Gasteiger partial charge in [-0.2, -0.15) is 0 Å². The molecule has 0 aliphatic carbocycles. The molecule has 0 fully saturated rings. The van der Waals surface area contributed by atoms with Gasteiger partial charge in [0.15, 0.2) is 0 Å². The summed E-state index contributed by atoms with van der Waals surface area (Å²) < 4.78 is 13.3. The molecule has 0 spiro atoms. The molecule has 0 amide bonds. The Morgan fingerprint density at radius 2 is 1.89 bits per heavy atom. The largest absolute Gasteiger partial charge is 0.271 e. The summed E-state index contributed by atoms with van der Waals surface area (Å²) in [7, 11) is 0. The normalized spacial score (nSPS) is 12.9. The number of nitrogens with one attached hydrogen (secondary N) is 1. The molecule has 4 heteroatoms. The van der Waals surface area contributed by atoms with E-state index in [0.29, 0.717) is 17.4 Å². The predicted octanol–water partition coefficient (Wildman–Crippen LogP) is 4.07. The van der Waals surface area contributed by atoms with Gasteiger partial charge in [-0.15, -0.1) is 0 Å². The SMILES string of the molecule is CCCC(CCC)C(Cc1cc(F)ccc1Cl)NN. The van der Waals surface area contributed by atoms with Gasteiger partial charge < -0.3 is 0 Å². The first kappa shape index (κ1) is 16.4. The van der Waals surface area contributed by atoms with Crippen molar-refractivity contribution >= 4 is 11.6 Å². The third kappa shape index (κ3) is 5.09. The third-order valence-corrected chi connectivity index (χ3v) is 3.92. The quantitative estimate of drug-likeness (QED) is 0.558. The molecule has 1 rings (SSSR count). The second kappa shape index (κ2) is 8.51. The van der Waals surface area contributed by atoms with Crippen molar-refractivity contribution in [3.8, 4) is 0 Å². The summed E-state index contributed by atoms with van der Waals surface area (Å²) in [6.45, 7) is 4.34. The van der Waals surface area contributed by atoms with Crippen LogP contribution in [0.4, 0.5) is 4.39 Å². The van der Waals surface area contributed by atoms with Gasteiger partial charge in [0, 0.05) is 11.1 Å². The Kier molecular flexibility index (Phi) is 7.36. The highest BCUT2D eigenvalue weighted by atomic mass is 35.5. The van der Waals surface area contributed by atoms with E-state index in [2.05, 4.69) is 19.3 Å². The van der Waals surface area contributed by atoms with Crippen molar-refractivity contribution < 1.29 is 4.39 Å². The lowest BCUT2D eigenvalue weighted by atomic mass is 9.87. The van der Waals surface area contributed by atoms with Gasteiger partial charge in [-0.1, -0.05) is 38.3 Å². The van der Waals surface area contributed by atoms with E-state index in [-0.39, 0.29) is 11.9 Å². The number of hydrazine groups is 1. The van der Waals surface area contributed by atoms with Crippen molar-refractivity contribution in [2.24, 2.45) is 11.8 Å². The maximum atomic E-state index is 13.3. The Balaban J connectivity index is 2.81. The summed E-state index contributed by atoms with van der Waals surface area (Å²) in [5, 5.41) is 0.605. The molecule has 108 valence electrons. The van der Waals surface area contributed by atoms with E-state index >= 15 is 0 Å². The molecule has 1 unspecified atom stereocenters. The molecule has 0 aliphatic rings. The maximum Gasteiger partial charge on any atom is 0.123 e. The fraction of sp³-hybridized carbons (Fsp3) is 0.600. The van der Waals surface area contributed by atoms with Crippen LogP contribution in [0, 0.1) is 11.7 Å². The van der Waals surface area contributed by atoms with Crippen LogP contribution in [0.2, 0.25) is 5.02 Å². The standard InChI is InChI=1S/C15H24ClFN2/c1-3-5-11(6-4-2)15(19-18)10-12-9-13(17)7-8-14(12)16/h7-9,11,15,19H,3-6,10,18H2,1-2H3. The van der Waals surface area contributed by atoms with E-state index in [0.717, 1.165) is 31.2 Å². The van der Waals surface area contributed by atoms with Gasteiger partial charge in [0.25, 0.3) is 0 Å². The van der Waals surface area contributed by atoms with Crippen molar-refractivity contribution in [3.63, 3.8) is 0 Å². The molecule has 0 bridgehead atoms. The number of nitrogens with two attached hydrogens (primary N) is 1. The second-order valence-electron chi connectivity index (χ2n) is 5.05. The van der Waals surface area contributed by atoms with E-state index in [9.17, 15) is 4.39 Å². The van der Waals surface area contributed by atoms with Gasteiger partial charge in [0.2, 0.25) is 0 Å². The van der Waals surface area contributed by atoms with Crippen LogP contribution in [0.5, 0.6) is 0 Å². The highest BCUT2D eigenvalue weighted by Gasteiger charge is 2.20. The summed E-state index contributed by atoms with van der Waals surface area (Å²) in [5.74, 6) is 5.93. The minimum absolute atomic E-state index is 0.138. The Morgan fingerprint density at radius 1 is 1.26 bits per heavy atom. The lowest BCUT2D eigenvalue weighted by Gasteiger charge is -2.26. The van der Waals surface area contributed by atoms with Crippen LogP contribution in [0.3, 0.4) is 0 Å². The van der Waals surface area contributed by atoms with E-state index < -0.39 is 0 Å². The lowest BCUT2D eigenvalue weighted by molar-refractivity contribution is 0.311. The minimum atomic E-state index is -0.252. The molecule has 0 radical (unpaired) electrons. The average Bonchev–Trinajstić information content (AvgIpc) is 2.39. The van der Waals surface area contributed by atoms with E-state index in [1.807, 2.05) is 0 Å². The second-order valence-corrected chi connectivity index (χ2v) is 5.46. The van der Waals surface area contributed by atoms with Crippen LogP contribution in [0.1, 0.15) is 45.1 Å². The number of halogens is 2. The predicted molar refractivity (Wildman–Crippen MR) is 79.5 cm³/mol. The first-order chi connectivity index (χ1) is 9.12. The van der Waals surface area contributed by atoms with Crippen LogP contribution in [0.25, 0.3) is 0 Å². The Hall–Kier alpha value is -0.640. The van der Waals surface area contributed by atoms with Crippen LogP contribution >= 0.6 is 11.6 Å². The van der Waals surface area contributed by atoms with Gasteiger partial charge in [0.05, 0.1) is 0 Å². The number of hydrogen-bond acceptors (Lipinski definition) is 2. The molecule has 0 aromatic heterocycles. The maximum absolute atomic E-state index is 13.3. The van der Waals surface area contributed by atoms with Gasteiger partial charge in [-0.05, 0) is 48.9 Å². The van der Waals surface area contributed by atoms with E-state index in [1.165, 1.54) is 12.1 Å². The Morgan fingerprint density at radius 3 is 2.42 bits per heavy atom. The zero-order chi connectivity index (χ0) is 14.3. The molecule has 0 heterocycles. The van der Waals surface area contributed by atoms with E-state index in [1.54, 1.807) is 6.07 Å². The summed E-state index contributed by atoms with van der Waals surface area (Å²) >= 11 is 6.12. The summed E-state index contributed by atoms with van der Waals surface area (Å²) in [4.78, 5) is 0. The highest BCUT2D eigenvalue weighted by molar-refractivity contribution is 6.31. The van der Waals surface area contributed by atoms with Gasteiger partial charge >= 0.3 is 0 Å². The van der Waals surface area contributed by atoms with Crippen molar-refractivity contribution in [2.75, 3.05) is 0 Å². The smallest absolute Gasteiger partial charge is 0.123 e. The summed E-state index contributed by atoms with van der Waals surface area (Å²) in [6.07, 6.45) is 5.16. The minimum Gasteiger partial charge on any atom is -0.271 e. The molecule has 2 nitrogen and oxygen atoms in total. The van der Waals surface area contributed by atoms with E-state index in [4.69, 9.17) is 17.4 Å². The molecule has 0 aliphatic heterocycles. The molecule has 1 aromatic carbocycles. The molecule has 1 aromatic rings. The van der Waals surface area contributed by atoms with Crippen LogP contribution in [-0.4, -0.2) is 6.04 Å². The van der Waals surface area contributed by atoms with Gasteiger partial charge in [-0.3, -0.25) is 11.3 Å². The van der Waals surface area contributed by atoms with Gasteiger partial charge in [-0.25, -0.2) is 4.39 Å². The van der Waals surface area contributed by atoms with Crippen molar-refractivity contribution in [1.29, 1.82) is 0 Å². The molecular formula is C15H24ClFN2. The Labute approximate surface area is 120 Å². The average molecular weight is 287 g/mol. The fourth-order valence-electron chi connectivity index (χ4n) is 2.59. The lowest BCUT2D eigenvalue weighted by Crippen LogP contribution is -2.42. The third-order valence-electron chi connectivity index (χ3n) is 3.55. The number of rotatable bonds is 8. The molecule has 0 saturated heterocycles. The summed E-state index contributed by atoms with van der Waals surface area (Å²) in [6, 6.07) is 4.63. The fourth-order valence-corrected chi connectivity index (χ4v) is 2.78. The molecular weight excluding hydrogens is 263 g/mol. The van der Waals surface area contributed by atoms with Crippen molar-refractivity contribution in [3.05, 3.63) is 34.6 Å². The highest BCUT2D eigenvalue weighted by Crippen LogP contribution is 2.24. The first-order valence-corrected chi connectivity index (χ1v) is 7.40. The monoisotopic (exact) mass is 286 g/mol. The molecule has 3 N–H and O–H groups in total. The molecule has 19 heavy (non-hydrogen) atoms. The number of hydrogen-bond donors (Lipinski definition) is 2. The molecule has 1 atom stereocenters. The Bertz CT molecular complexity index is 378. The first-order valence-electron chi connectivity index (χ1n) is 7.02. The zero-order valence-corrected chi connectivity index (χ0v) is 12.5. The van der Waals surface area contributed by atoms with Crippen LogP contribution < -0.4 is 11.3 Å². The van der Waals surface area contributed by atoms with Crippen molar-refractivity contribution in [2.45, 2.75) is 52.0 Å². The number of benzene rings is 1. The topological polar surface area (TPSA) is 38.0 Å².